The van der Waals surface area contributed by atoms with E-state index in [0.29, 0.717) is 18.9 Å². The van der Waals surface area contributed by atoms with Crippen LogP contribution in [-0.4, -0.2) is 28.9 Å². The van der Waals surface area contributed by atoms with Crippen LogP contribution in [0.4, 0.5) is 0 Å². The molecule has 1 atom stereocenters. The summed E-state index contributed by atoms with van der Waals surface area (Å²) in [5.74, 6) is 0.469. The number of nitrogens with zero attached hydrogens (tertiary/aromatic N) is 1. The Morgan fingerprint density at radius 2 is 2.50 bits per heavy atom. The molecule has 12 heavy (non-hydrogen) atoms. The summed E-state index contributed by atoms with van der Waals surface area (Å²) in [7, 11) is 1.60. The molecule has 6 heteroatoms. The summed E-state index contributed by atoms with van der Waals surface area (Å²) in [5.41, 5.74) is 5.33. The zero-order valence-electron chi connectivity index (χ0n) is 6.83. The minimum absolute atomic E-state index is 0.274. The number of hydrogen-bond acceptors (Lipinski definition) is 4. The van der Waals surface area contributed by atoms with Gasteiger partial charge in [-0.25, -0.2) is 9.89 Å². The van der Waals surface area contributed by atoms with Crippen LogP contribution in [0.25, 0.3) is 0 Å². The number of ether oxygens (including phenoxy) is 1. The van der Waals surface area contributed by atoms with E-state index < -0.39 is 0 Å². The van der Waals surface area contributed by atoms with Crippen molar-refractivity contribution in [3.63, 3.8) is 0 Å². The van der Waals surface area contributed by atoms with E-state index in [1.165, 1.54) is 0 Å². The topological polar surface area (TPSA) is 96.8 Å². The molecule has 6 nitrogen and oxygen atoms in total. The highest BCUT2D eigenvalue weighted by Gasteiger charge is 2.08. The molecule has 4 N–H and O–H groups in total. The van der Waals surface area contributed by atoms with E-state index in [1.807, 2.05) is 0 Å². The Morgan fingerprint density at radius 3 is 3.00 bits per heavy atom. The molecule has 0 spiro atoms. The van der Waals surface area contributed by atoms with Gasteiger partial charge in [0.05, 0.1) is 6.04 Å². The number of rotatable bonds is 4. The molecule has 1 aromatic heterocycles. The zero-order chi connectivity index (χ0) is 8.97. The zero-order valence-corrected chi connectivity index (χ0v) is 6.83. The second-order valence-corrected chi connectivity index (χ2v) is 2.45. The Hall–Kier alpha value is -1.14. The molecule has 0 saturated carbocycles. The van der Waals surface area contributed by atoms with Crippen LogP contribution >= 0.6 is 0 Å². The number of H-pyrrole nitrogens is 2. The second kappa shape index (κ2) is 4.03. The van der Waals surface area contributed by atoms with Crippen LogP contribution in [0, 0.1) is 0 Å². The van der Waals surface area contributed by atoms with Crippen molar-refractivity contribution < 1.29 is 4.74 Å². The van der Waals surface area contributed by atoms with Gasteiger partial charge in [0.1, 0.15) is 5.82 Å². The molecule has 1 unspecified atom stereocenters. The van der Waals surface area contributed by atoms with Gasteiger partial charge in [0.25, 0.3) is 0 Å². The average molecular weight is 172 g/mol. The van der Waals surface area contributed by atoms with Crippen molar-refractivity contribution in [1.29, 1.82) is 0 Å². The third-order valence-electron chi connectivity index (χ3n) is 1.50. The van der Waals surface area contributed by atoms with Crippen LogP contribution in [0.1, 0.15) is 18.3 Å². The van der Waals surface area contributed by atoms with Gasteiger partial charge in [-0.1, -0.05) is 0 Å². The molecule has 0 aliphatic heterocycles. The van der Waals surface area contributed by atoms with Crippen LogP contribution in [0.2, 0.25) is 0 Å². The first-order valence-electron chi connectivity index (χ1n) is 3.63. The molecule has 68 valence electrons. The Morgan fingerprint density at radius 1 is 1.75 bits per heavy atom. The van der Waals surface area contributed by atoms with Crippen molar-refractivity contribution in [2.24, 2.45) is 5.73 Å². The molecule has 0 aliphatic rings. The van der Waals surface area contributed by atoms with Crippen LogP contribution in [0.5, 0.6) is 0 Å². The van der Waals surface area contributed by atoms with E-state index in [-0.39, 0.29) is 11.7 Å². The van der Waals surface area contributed by atoms with E-state index in [9.17, 15) is 4.79 Å². The number of aromatic nitrogens is 3. The highest BCUT2D eigenvalue weighted by Crippen LogP contribution is 2.04. The molecule has 0 amide bonds. The van der Waals surface area contributed by atoms with Crippen molar-refractivity contribution in [3.8, 4) is 0 Å². The molecule has 0 bridgehead atoms. The lowest BCUT2D eigenvalue weighted by Gasteiger charge is -2.05. The van der Waals surface area contributed by atoms with Crippen molar-refractivity contribution >= 4 is 0 Å². The summed E-state index contributed by atoms with van der Waals surface area (Å²) >= 11 is 0. The van der Waals surface area contributed by atoms with Crippen LogP contribution < -0.4 is 11.4 Å². The Balaban J connectivity index is 2.53. The minimum atomic E-state index is -0.335. The normalized spacial score (nSPS) is 13.2. The smallest absolute Gasteiger partial charge is 0.340 e. The molecule has 0 aliphatic carbocycles. The fourth-order valence-electron chi connectivity index (χ4n) is 0.840. The summed E-state index contributed by atoms with van der Waals surface area (Å²) in [4.78, 5) is 13.1. The number of hydrogen-bond donors (Lipinski definition) is 3. The summed E-state index contributed by atoms with van der Waals surface area (Å²) in [6.07, 6.45) is 0.636. The van der Waals surface area contributed by atoms with Crippen molar-refractivity contribution in [1.82, 2.24) is 15.2 Å². The third kappa shape index (κ3) is 2.18. The molecule has 0 saturated heterocycles. The van der Waals surface area contributed by atoms with Crippen molar-refractivity contribution in [2.45, 2.75) is 12.5 Å². The summed E-state index contributed by atoms with van der Waals surface area (Å²) < 4.78 is 4.83. The van der Waals surface area contributed by atoms with Crippen molar-refractivity contribution in [3.05, 3.63) is 16.3 Å². The lowest BCUT2D eigenvalue weighted by atomic mass is 10.2. The summed E-state index contributed by atoms with van der Waals surface area (Å²) in [5, 5.41) is 5.94. The maximum absolute atomic E-state index is 10.6. The van der Waals surface area contributed by atoms with Gasteiger partial charge in [0.15, 0.2) is 0 Å². The minimum Gasteiger partial charge on any atom is -0.385 e. The van der Waals surface area contributed by atoms with Crippen molar-refractivity contribution in [2.75, 3.05) is 13.7 Å². The van der Waals surface area contributed by atoms with E-state index in [2.05, 4.69) is 15.2 Å². The molecule has 0 radical (unpaired) electrons. The van der Waals surface area contributed by atoms with Crippen LogP contribution in [0.3, 0.4) is 0 Å². The predicted molar refractivity (Wildman–Crippen MR) is 42.6 cm³/mol. The quantitative estimate of drug-likeness (QED) is 0.550. The van der Waals surface area contributed by atoms with Gasteiger partial charge >= 0.3 is 5.69 Å². The van der Waals surface area contributed by atoms with E-state index in [4.69, 9.17) is 10.5 Å². The fourth-order valence-corrected chi connectivity index (χ4v) is 0.840. The van der Waals surface area contributed by atoms with Crippen LogP contribution in [0.15, 0.2) is 4.79 Å². The van der Waals surface area contributed by atoms with Gasteiger partial charge < -0.3 is 10.5 Å². The second-order valence-electron chi connectivity index (χ2n) is 2.45. The molecule has 1 aromatic rings. The van der Waals surface area contributed by atoms with E-state index >= 15 is 0 Å². The van der Waals surface area contributed by atoms with E-state index in [0.717, 1.165) is 0 Å². The maximum atomic E-state index is 10.6. The van der Waals surface area contributed by atoms with Gasteiger partial charge in [-0.05, 0) is 6.42 Å². The fraction of sp³-hybridized carbons (Fsp3) is 0.667. The summed E-state index contributed by atoms with van der Waals surface area (Å²) in [6.45, 7) is 0.552. The first-order chi connectivity index (χ1) is 5.74. The Labute approximate surface area is 69.1 Å². The molecule has 0 aromatic carbocycles. The maximum Gasteiger partial charge on any atom is 0.340 e. The van der Waals surface area contributed by atoms with E-state index in [1.54, 1.807) is 7.11 Å². The lowest BCUT2D eigenvalue weighted by Crippen LogP contribution is -2.15. The first kappa shape index (κ1) is 8.95. The third-order valence-corrected chi connectivity index (χ3v) is 1.50. The summed E-state index contributed by atoms with van der Waals surface area (Å²) in [6, 6.07) is -0.274. The largest absolute Gasteiger partial charge is 0.385 e. The predicted octanol–water partition coefficient (Wildman–Crippen LogP) is -0.866. The number of nitrogens with one attached hydrogen (secondary N) is 2. The first-order valence-corrected chi connectivity index (χ1v) is 3.63. The lowest BCUT2D eigenvalue weighted by molar-refractivity contribution is 0.187. The highest BCUT2D eigenvalue weighted by atomic mass is 16.5. The number of aromatic amines is 2. The number of methoxy groups -OCH3 is 1. The van der Waals surface area contributed by atoms with Gasteiger partial charge in [-0.3, -0.25) is 4.98 Å². The molecular formula is C6H12N4O2. The van der Waals surface area contributed by atoms with Crippen LogP contribution in [-0.2, 0) is 4.74 Å². The van der Waals surface area contributed by atoms with Gasteiger partial charge in [0.2, 0.25) is 0 Å². The average Bonchev–Trinajstić information content (AvgIpc) is 2.47. The van der Waals surface area contributed by atoms with Gasteiger partial charge in [-0.15, -0.1) is 0 Å². The SMILES string of the molecule is COCCC(N)c1n[nH]c(=O)[nH]1. The Bertz CT molecular complexity index is 279. The molecular weight excluding hydrogens is 160 g/mol. The molecule has 1 rings (SSSR count). The highest BCUT2D eigenvalue weighted by molar-refractivity contribution is 4.88. The number of nitrogens with two attached hydrogens (primary N) is 1. The standard InChI is InChI=1S/C6H12N4O2/c1-12-3-2-4(7)5-8-6(11)10-9-5/h4H,2-3,7H2,1H3,(H2,8,9,10,11). The Kier molecular flexibility index (Phi) is 3.01. The monoisotopic (exact) mass is 172 g/mol. The van der Waals surface area contributed by atoms with Gasteiger partial charge in [-0.2, -0.15) is 5.10 Å². The molecule has 0 fully saturated rings. The molecule has 1 heterocycles. The van der Waals surface area contributed by atoms with Gasteiger partial charge in [0, 0.05) is 13.7 Å².